The fourth-order valence-corrected chi connectivity index (χ4v) is 2.48. The lowest BCUT2D eigenvalue weighted by Gasteiger charge is -2.06. The van der Waals surface area contributed by atoms with E-state index >= 15 is 0 Å². The summed E-state index contributed by atoms with van der Waals surface area (Å²) in [6.45, 7) is 0.493. The van der Waals surface area contributed by atoms with Gasteiger partial charge in [-0.3, -0.25) is 4.79 Å². The van der Waals surface area contributed by atoms with Gasteiger partial charge in [0.25, 0.3) is 5.91 Å². The standard InChI is InChI=1S/C21H17ClN2O2/c22-19-10-5-9-18(13-19)21(25)24-23-14-17-8-4-11-20(12-17)26-15-16-6-2-1-3-7-16/h1-14H,15H2,(H,24,25). The van der Waals surface area contributed by atoms with E-state index in [1.54, 1.807) is 30.5 Å². The van der Waals surface area contributed by atoms with E-state index in [9.17, 15) is 4.79 Å². The molecule has 0 aliphatic carbocycles. The zero-order chi connectivity index (χ0) is 18.2. The number of hydrazone groups is 1. The number of nitrogens with one attached hydrogen (secondary N) is 1. The summed E-state index contributed by atoms with van der Waals surface area (Å²) in [5.74, 6) is 0.416. The van der Waals surface area contributed by atoms with Gasteiger partial charge in [0.05, 0.1) is 6.21 Å². The molecule has 1 N–H and O–H groups in total. The van der Waals surface area contributed by atoms with Gasteiger partial charge in [-0.1, -0.05) is 60.1 Å². The Kier molecular flexibility index (Phi) is 6.01. The van der Waals surface area contributed by atoms with Crippen LogP contribution in [-0.2, 0) is 6.61 Å². The van der Waals surface area contributed by atoms with Crippen molar-refractivity contribution in [1.82, 2.24) is 5.43 Å². The highest BCUT2D eigenvalue weighted by atomic mass is 35.5. The number of hydrogen-bond acceptors (Lipinski definition) is 3. The van der Waals surface area contributed by atoms with Gasteiger partial charge in [0, 0.05) is 10.6 Å². The summed E-state index contributed by atoms with van der Waals surface area (Å²) in [4.78, 5) is 12.0. The SMILES string of the molecule is O=C(NN=Cc1cccc(OCc2ccccc2)c1)c1cccc(Cl)c1. The molecule has 26 heavy (non-hydrogen) atoms. The highest BCUT2D eigenvalue weighted by Gasteiger charge is 2.04. The fourth-order valence-electron chi connectivity index (χ4n) is 2.29. The molecular weight excluding hydrogens is 348 g/mol. The Bertz CT molecular complexity index is 911. The Morgan fingerprint density at radius 2 is 1.81 bits per heavy atom. The monoisotopic (exact) mass is 364 g/mol. The Labute approximate surface area is 157 Å². The van der Waals surface area contributed by atoms with Crippen LogP contribution in [0.1, 0.15) is 21.5 Å². The van der Waals surface area contributed by atoms with Crippen LogP contribution >= 0.6 is 11.6 Å². The number of benzene rings is 3. The van der Waals surface area contributed by atoms with Crippen LogP contribution in [0.15, 0.2) is 84.0 Å². The van der Waals surface area contributed by atoms with E-state index in [0.29, 0.717) is 17.2 Å². The maximum atomic E-state index is 12.0. The minimum atomic E-state index is -0.319. The van der Waals surface area contributed by atoms with Gasteiger partial charge < -0.3 is 4.74 Å². The quantitative estimate of drug-likeness (QED) is 0.510. The van der Waals surface area contributed by atoms with Gasteiger partial charge in [-0.25, -0.2) is 5.43 Å². The third-order valence-corrected chi connectivity index (χ3v) is 3.81. The molecule has 4 nitrogen and oxygen atoms in total. The van der Waals surface area contributed by atoms with Crippen LogP contribution in [0.2, 0.25) is 5.02 Å². The van der Waals surface area contributed by atoms with Gasteiger partial charge in [0.2, 0.25) is 0 Å². The Hall–Kier alpha value is -3.11. The van der Waals surface area contributed by atoms with Crippen LogP contribution in [0.4, 0.5) is 0 Å². The normalized spacial score (nSPS) is 10.7. The van der Waals surface area contributed by atoms with E-state index in [-0.39, 0.29) is 5.91 Å². The lowest BCUT2D eigenvalue weighted by Crippen LogP contribution is -2.17. The first kappa shape index (κ1) is 17.7. The van der Waals surface area contributed by atoms with Crippen molar-refractivity contribution >= 4 is 23.7 Å². The first-order valence-corrected chi connectivity index (χ1v) is 8.44. The highest BCUT2D eigenvalue weighted by Crippen LogP contribution is 2.14. The Morgan fingerprint density at radius 3 is 2.62 bits per heavy atom. The van der Waals surface area contributed by atoms with Gasteiger partial charge in [0.15, 0.2) is 0 Å². The number of carbonyl (C=O) groups is 1. The third-order valence-electron chi connectivity index (χ3n) is 3.57. The molecule has 3 aromatic rings. The van der Waals surface area contributed by atoms with E-state index in [2.05, 4.69) is 10.5 Å². The van der Waals surface area contributed by atoms with Crippen molar-refractivity contribution in [2.45, 2.75) is 6.61 Å². The summed E-state index contributed by atoms with van der Waals surface area (Å²) < 4.78 is 5.78. The molecule has 0 heterocycles. The predicted octanol–water partition coefficient (Wildman–Crippen LogP) is 4.68. The summed E-state index contributed by atoms with van der Waals surface area (Å²) in [6.07, 6.45) is 1.57. The van der Waals surface area contributed by atoms with Crippen molar-refractivity contribution in [3.63, 3.8) is 0 Å². The van der Waals surface area contributed by atoms with Crippen LogP contribution in [0.25, 0.3) is 0 Å². The number of halogens is 1. The molecule has 3 rings (SSSR count). The van der Waals surface area contributed by atoms with Gasteiger partial charge >= 0.3 is 0 Å². The van der Waals surface area contributed by atoms with Crippen molar-refractivity contribution in [3.05, 3.63) is 101 Å². The molecule has 3 aromatic carbocycles. The summed E-state index contributed by atoms with van der Waals surface area (Å²) in [7, 11) is 0. The average Bonchev–Trinajstić information content (AvgIpc) is 2.67. The van der Waals surface area contributed by atoms with Crippen LogP contribution in [0.3, 0.4) is 0 Å². The zero-order valence-electron chi connectivity index (χ0n) is 13.9. The van der Waals surface area contributed by atoms with Gasteiger partial charge in [-0.15, -0.1) is 0 Å². The third kappa shape index (κ3) is 5.19. The van der Waals surface area contributed by atoms with Crippen LogP contribution < -0.4 is 10.2 Å². The van der Waals surface area contributed by atoms with E-state index < -0.39 is 0 Å². The van der Waals surface area contributed by atoms with Gasteiger partial charge in [0.1, 0.15) is 12.4 Å². The van der Waals surface area contributed by atoms with Crippen LogP contribution in [0, 0.1) is 0 Å². The largest absolute Gasteiger partial charge is 0.489 e. The average molecular weight is 365 g/mol. The summed E-state index contributed by atoms with van der Waals surface area (Å²) in [6, 6.07) is 24.1. The fraction of sp³-hybridized carbons (Fsp3) is 0.0476. The second-order valence-electron chi connectivity index (χ2n) is 5.56. The maximum Gasteiger partial charge on any atom is 0.271 e. The number of ether oxygens (including phenoxy) is 1. The van der Waals surface area contributed by atoms with E-state index in [1.165, 1.54) is 0 Å². The number of hydrogen-bond donors (Lipinski definition) is 1. The molecule has 0 radical (unpaired) electrons. The number of nitrogens with zero attached hydrogens (tertiary/aromatic N) is 1. The van der Waals surface area contributed by atoms with Crippen LogP contribution in [-0.4, -0.2) is 12.1 Å². The first-order chi connectivity index (χ1) is 12.7. The summed E-state index contributed by atoms with van der Waals surface area (Å²) in [5.41, 5.74) is 4.86. The number of rotatable bonds is 6. The minimum Gasteiger partial charge on any atom is -0.489 e. The molecule has 1 amide bonds. The molecule has 0 unspecified atom stereocenters. The predicted molar refractivity (Wildman–Crippen MR) is 104 cm³/mol. The van der Waals surface area contributed by atoms with Gasteiger partial charge in [-0.2, -0.15) is 5.10 Å². The topological polar surface area (TPSA) is 50.7 Å². The molecular formula is C21H17ClN2O2. The lowest BCUT2D eigenvalue weighted by atomic mass is 10.2. The maximum absolute atomic E-state index is 12.0. The van der Waals surface area contributed by atoms with Crippen molar-refractivity contribution in [2.24, 2.45) is 5.10 Å². The van der Waals surface area contributed by atoms with Crippen molar-refractivity contribution in [2.75, 3.05) is 0 Å². The second kappa shape index (κ2) is 8.83. The van der Waals surface area contributed by atoms with E-state index in [0.717, 1.165) is 16.9 Å². The van der Waals surface area contributed by atoms with E-state index in [4.69, 9.17) is 16.3 Å². The molecule has 0 atom stereocenters. The van der Waals surface area contributed by atoms with Crippen molar-refractivity contribution in [1.29, 1.82) is 0 Å². The molecule has 130 valence electrons. The minimum absolute atomic E-state index is 0.319. The lowest BCUT2D eigenvalue weighted by molar-refractivity contribution is 0.0955. The van der Waals surface area contributed by atoms with Gasteiger partial charge in [-0.05, 0) is 41.5 Å². The molecule has 0 aliphatic rings. The van der Waals surface area contributed by atoms with E-state index in [1.807, 2.05) is 54.6 Å². The Balaban J connectivity index is 1.57. The van der Waals surface area contributed by atoms with Crippen LogP contribution in [0.5, 0.6) is 5.75 Å². The highest BCUT2D eigenvalue weighted by molar-refractivity contribution is 6.30. The molecule has 0 saturated heterocycles. The second-order valence-corrected chi connectivity index (χ2v) is 5.99. The first-order valence-electron chi connectivity index (χ1n) is 8.06. The smallest absolute Gasteiger partial charge is 0.271 e. The number of carbonyl (C=O) groups excluding carboxylic acids is 1. The molecule has 0 aliphatic heterocycles. The molecule has 0 saturated carbocycles. The molecule has 0 bridgehead atoms. The van der Waals surface area contributed by atoms with Crippen molar-refractivity contribution in [3.8, 4) is 5.75 Å². The zero-order valence-corrected chi connectivity index (χ0v) is 14.7. The molecule has 0 spiro atoms. The summed E-state index contributed by atoms with van der Waals surface area (Å²) >= 11 is 5.88. The molecule has 5 heteroatoms. The Morgan fingerprint density at radius 1 is 1.00 bits per heavy atom. The molecule has 0 aromatic heterocycles. The number of amides is 1. The van der Waals surface area contributed by atoms with Crippen molar-refractivity contribution < 1.29 is 9.53 Å². The summed E-state index contributed by atoms with van der Waals surface area (Å²) in [5, 5.41) is 4.49. The molecule has 0 fully saturated rings.